The molecule has 1 aromatic heterocycles. The average Bonchev–Trinajstić information content (AvgIpc) is 3.20. The standard InChI is InChI=1S/C21H21N5O5/c27-19(25-30)10-7-13-5-8-15(9-6-13)23-20(28)18(24-21(29)26-31)11-14-12-22-17-4-2-1-3-16(14)17/h1-10,12,18,22,30-31H,11H2,(H,23,28)(H,25,27)(H2,24,26,29)/t18-/m1/s1. The third-order valence-corrected chi connectivity index (χ3v) is 4.54. The van der Waals surface area contributed by atoms with E-state index < -0.39 is 23.9 Å². The van der Waals surface area contributed by atoms with Crippen molar-refractivity contribution in [3.05, 3.63) is 71.9 Å². The molecule has 160 valence electrons. The van der Waals surface area contributed by atoms with E-state index in [1.54, 1.807) is 30.5 Å². The minimum Gasteiger partial charge on any atom is -0.361 e. The van der Waals surface area contributed by atoms with Crippen LogP contribution in [0.2, 0.25) is 0 Å². The van der Waals surface area contributed by atoms with E-state index in [2.05, 4.69) is 15.6 Å². The predicted molar refractivity (Wildman–Crippen MR) is 113 cm³/mol. The van der Waals surface area contributed by atoms with Crippen LogP contribution in [-0.2, 0) is 16.0 Å². The van der Waals surface area contributed by atoms with E-state index in [1.807, 2.05) is 24.3 Å². The molecule has 7 N–H and O–H groups in total. The van der Waals surface area contributed by atoms with E-state index in [1.165, 1.54) is 17.0 Å². The number of rotatable bonds is 7. The number of hydrogen-bond acceptors (Lipinski definition) is 5. The summed E-state index contributed by atoms with van der Waals surface area (Å²) < 4.78 is 0. The second kappa shape index (κ2) is 10.1. The monoisotopic (exact) mass is 423 g/mol. The highest BCUT2D eigenvalue weighted by Gasteiger charge is 2.22. The number of benzene rings is 2. The first-order chi connectivity index (χ1) is 15.0. The lowest BCUT2D eigenvalue weighted by Gasteiger charge is -2.18. The van der Waals surface area contributed by atoms with Gasteiger partial charge in [-0.3, -0.25) is 20.0 Å². The van der Waals surface area contributed by atoms with Gasteiger partial charge >= 0.3 is 6.03 Å². The molecule has 2 aromatic carbocycles. The summed E-state index contributed by atoms with van der Waals surface area (Å²) in [4.78, 5) is 38.6. The lowest BCUT2D eigenvalue weighted by atomic mass is 10.0. The van der Waals surface area contributed by atoms with E-state index in [0.717, 1.165) is 22.5 Å². The molecule has 0 saturated heterocycles. The Morgan fingerprint density at radius 3 is 2.45 bits per heavy atom. The first kappa shape index (κ1) is 21.6. The fourth-order valence-electron chi connectivity index (χ4n) is 3.04. The molecule has 3 rings (SSSR count). The van der Waals surface area contributed by atoms with Gasteiger partial charge in [-0.05, 0) is 35.4 Å². The van der Waals surface area contributed by atoms with Gasteiger partial charge in [-0.15, -0.1) is 0 Å². The van der Waals surface area contributed by atoms with E-state index in [0.29, 0.717) is 11.3 Å². The van der Waals surface area contributed by atoms with Crippen LogP contribution in [0.15, 0.2) is 60.8 Å². The van der Waals surface area contributed by atoms with Gasteiger partial charge in [-0.2, -0.15) is 0 Å². The number of amides is 4. The number of anilines is 1. The van der Waals surface area contributed by atoms with Crippen LogP contribution in [-0.4, -0.2) is 39.3 Å². The van der Waals surface area contributed by atoms with Gasteiger partial charge in [0.05, 0.1) is 0 Å². The van der Waals surface area contributed by atoms with Crippen molar-refractivity contribution in [1.29, 1.82) is 0 Å². The number of carbonyl (C=O) groups excluding carboxylic acids is 3. The molecule has 1 atom stereocenters. The summed E-state index contributed by atoms with van der Waals surface area (Å²) in [6.45, 7) is 0. The summed E-state index contributed by atoms with van der Waals surface area (Å²) in [5, 5.41) is 23.4. The average molecular weight is 423 g/mol. The molecule has 0 bridgehead atoms. The second-order valence-corrected chi connectivity index (χ2v) is 6.62. The SMILES string of the molecule is O=C(C=Cc1ccc(NC(=O)[C@@H](Cc2c[nH]c3ccccc23)NC(=O)NO)cc1)NO. The van der Waals surface area contributed by atoms with Crippen molar-refractivity contribution in [3.63, 3.8) is 0 Å². The number of fused-ring (bicyclic) bond motifs is 1. The number of H-pyrrole nitrogens is 1. The molecule has 0 unspecified atom stereocenters. The maximum atomic E-state index is 12.8. The second-order valence-electron chi connectivity index (χ2n) is 6.62. The number of carbonyl (C=O) groups is 3. The summed E-state index contributed by atoms with van der Waals surface area (Å²) in [5.41, 5.74) is 5.85. The highest BCUT2D eigenvalue weighted by Crippen LogP contribution is 2.20. The van der Waals surface area contributed by atoms with Crippen molar-refractivity contribution in [2.45, 2.75) is 12.5 Å². The lowest BCUT2D eigenvalue weighted by Crippen LogP contribution is -2.48. The normalized spacial score (nSPS) is 11.8. The maximum Gasteiger partial charge on any atom is 0.339 e. The van der Waals surface area contributed by atoms with Gasteiger partial charge in [0, 0.05) is 35.3 Å². The minimum atomic E-state index is -0.959. The number of urea groups is 1. The molecule has 1 heterocycles. The Morgan fingerprint density at radius 2 is 1.74 bits per heavy atom. The Balaban J connectivity index is 1.73. The van der Waals surface area contributed by atoms with Crippen LogP contribution < -0.4 is 21.6 Å². The van der Waals surface area contributed by atoms with Crippen LogP contribution in [0.25, 0.3) is 17.0 Å². The zero-order valence-electron chi connectivity index (χ0n) is 16.3. The zero-order chi connectivity index (χ0) is 22.2. The first-order valence-electron chi connectivity index (χ1n) is 9.29. The molecule has 10 heteroatoms. The Morgan fingerprint density at radius 1 is 1.00 bits per heavy atom. The van der Waals surface area contributed by atoms with Crippen LogP contribution in [0.3, 0.4) is 0 Å². The fourth-order valence-corrected chi connectivity index (χ4v) is 3.04. The van der Waals surface area contributed by atoms with Gasteiger partial charge in [0.15, 0.2) is 0 Å². The Bertz CT molecular complexity index is 1110. The van der Waals surface area contributed by atoms with Crippen LogP contribution in [0.5, 0.6) is 0 Å². The number of hydrogen-bond donors (Lipinski definition) is 7. The number of aromatic nitrogens is 1. The van der Waals surface area contributed by atoms with Gasteiger partial charge in [-0.25, -0.2) is 15.8 Å². The van der Waals surface area contributed by atoms with Crippen molar-refractivity contribution in [1.82, 2.24) is 21.3 Å². The minimum absolute atomic E-state index is 0.195. The molecule has 0 aliphatic carbocycles. The summed E-state index contributed by atoms with van der Waals surface area (Å²) in [6, 6.07) is 12.3. The third kappa shape index (κ3) is 5.69. The molecule has 10 nitrogen and oxygen atoms in total. The molecule has 31 heavy (non-hydrogen) atoms. The Hall–Kier alpha value is -4.15. The lowest BCUT2D eigenvalue weighted by molar-refractivity contribution is -0.124. The van der Waals surface area contributed by atoms with Gasteiger partial charge in [0.1, 0.15) is 6.04 Å². The largest absolute Gasteiger partial charge is 0.361 e. The number of para-hydroxylation sites is 1. The molecule has 0 aliphatic rings. The summed E-state index contributed by atoms with van der Waals surface area (Å²) in [7, 11) is 0. The topological polar surface area (TPSA) is 156 Å². The van der Waals surface area contributed by atoms with Crippen molar-refractivity contribution >= 4 is 40.5 Å². The highest BCUT2D eigenvalue weighted by atomic mass is 16.5. The van der Waals surface area contributed by atoms with Crippen LogP contribution in [0.4, 0.5) is 10.5 Å². The van der Waals surface area contributed by atoms with Crippen molar-refractivity contribution in [2.75, 3.05) is 5.32 Å². The number of aromatic amines is 1. The molecule has 4 amide bonds. The number of nitrogens with one attached hydrogen (secondary N) is 5. The molecular formula is C21H21N5O5. The van der Waals surface area contributed by atoms with E-state index >= 15 is 0 Å². The third-order valence-electron chi connectivity index (χ3n) is 4.54. The van der Waals surface area contributed by atoms with Crippen molar-refractivity contribution in [2.24, 2.45) is 0 Å². The molecule has 0 spiro atoms. The Labute approximate surface area is 176 Å². The van der Waals surface area contributed by atoms with Crippen LogP contribution in [0.1, 0.15) is 11.1 Å². The highest BCUT2D eigenvalue weighted by molar-refractivity contribution is 5.98. The molecule has 0 saturated carbocycles. The molecule has 3 aromatic rings. The summed E-state index contributed by atoms with van der Waals surface area (Å²) in [5.74, 6) is -1.14. The Kier molecular flexibility index (Phi) is 6.99. The van der Waals surface area contributed by atoms with Gasteiger partial charge in [-0.1, -0.05) is 30.3 Å². The van der Waals surface area contributed by atoms with Gasteiger partial charge in [0.25, 0.3) is 5.91 Å². The van der Waals surface area contributed by atoms with Crippen LogP contribution in [0, 0.1) is 0 Å². The fraction of sp³-hybridized carbons (Fsp3) is 0.0952. The molecule has 0 aliphatic heterocycles. The quantitative estimate of drug-likeness (QED) is 0.176. The summed E-state index contributed by atoms with van der Waals surface area (Å²) >= 11 is 0. The summed E-state index contributed by atoms with van der Waals surface area (Å²) in [6.07, 6.45) is 4.61. The molecular weight excluding hydrogens is 402 g/mol. The first-order valence-corrected chi connectivity index (χ1v) is 9.29. The zero-order valence-corrected chi connectivity index (χ0v) is 16.3. The predicted octanol–water partition coefficient (Wildman–Crippen LogP) is 1.92. The van der Waals surface area contributed by atoms with Gasteiger partial charge < -0.3 is 15.6 Å². The maximum absolute atomic E-state index is 12.8. The van der Waals surface area contributed by atoms with Crippen molar-refractivity contribution in [3.8, 4) is 0 Å². The van der Waals surface area contributed by atoms with Crippen LogP contribution >= 0.6 is 0 Å². The smallest absolute Gasteiger partial charge is 0.339 e. The van der Waals surface area contributed by atoms with E-state index in [-0.39, 0.29) is 6.42 Å². The van der Waals surface area contributed by atoms with E-state index in [4.69, 9.17) is 10.4 Å². The van der Waals surface area contributed by atoms with Gasteiger partial charge in [0.2, 0.25) is 5.91 Å². The molecule has 0 radical (unpaired) electrons. The molecule has 0 fully saturated rings. The van der Waals surface area contributed by atoms with Crippen molar-refractivity contribution < 1.29 is 24.8 Å². The number of hydroxylamine groups is 2. The van der Waals surface area contributed by atoms with E-state index in [9.17, 15) is 14.4 Å².